The molecule has 1 aliphatic rings. The quantitative estimate of drug-likeness (QED) is 0.0174. The molecule has 0 atom stereocenters. The Morgan fingerprint density at radius 3 is 1.74 bits per heavy atom. The number of benzene rings is 4. The molecule has 300 valence electrons. The summed E-state index contributed by atoms with van der Waals surface area (Å²) in [5.41, 5.74) is 14.1. The first-order valence-electron chi connectivity index (χ1n) is 16.0. The zero-order chi connectivity index (χ0) is 42.7. The molecule has 0 aliphatic heterocycles. The van der Waals surface area contributed by atoms with Crippen LogP contribution in [0.3, 0.4) is 0 Å². The normalized spacial score (nSPS) is 13.8. The van der Waals surface area contributed by atoms with Gasteiger partial charge in [0.1, 0.15) is 41.7 Å². The molecule has 0 radical (unpaired) electrons. The van der Waals surface area contributed by atoms with Gasteiger partial charge in [-0.1, -0.05) is 24.3 Å². The van der Waals surface area contributed by atoms with Crippen LogP contribution in [-0.4, -0.2) is 56.4 Å². The van der Waals surface area contributed by atoms with Gasteiger partial charge in [0.2, 0.25) is 0 Å². The minimum atomic E-state index is -5.20. The maximum Gasteiger partial charge on any atom is 1.00 e. The number of azo groups is 2. The second-order valence-corrected chi connectivity index (χ2v) is 16.2. The van der Waals surface area contributed by atoms with Gasteiger partial charge in [0.15, 0.2) is 5.78 Å². The fourth-order valence-corrected chi connectivity index (χ4v) is 6.94. The van der Waals surface area contributed by atoms with E-state index < -0.39 is 62.4 Å². The van der Waals surface area contributed by atoms with Gasteiger partial charge in [0.05, 0.1) is 54.8 Å². The summed E-state index contributed by atoms with van der Waals surface area (Å²) < 4.78 is 107. The molecule has 4 aromatic carbocycles. The van der Waals surface area contributed by atoms with Crippen molar-refractivity contribution in [3.8, 4) is 0 Å². The molecule has 0 bridgehead atoms. The second-order valence-electron chi connectivity index (χ2n) is 12.1. The van der Waals surface area contributed by atoms with Crippen LogP contribution in [0.2, 0.25) is 0 Å². The molecule has 62 heavy (non-hydrogen) atoms. The first-order chi connectivity index (χ1) is 27.0. The Morgan fingerprint density at radius 1 is 0.661 bits per heavy atom. The van der Waals surface area contributed by atoms with E-state index in [0.29, 0.717) is 5.56 Å². The van der Waals surface area contributed by atoms with Crippen LogP contribution in [0.5, 0.6) is 0 Å². The summed E-state index contributed by atoms with van der Waals surface area (Å²) in [5, 5.41) is 31.3. The third-order valence-corrected chi connectivity index (χ3v) is 10.6. The number of allylic oxidation sites excluding steroid dienone is 3. The number of aliphatic carboxylic acids is 1. The fourth-order valence-electron chi connectivity index (χ4n) is 5.08. The number of hydrogen-bond donors (Lipinski definition) is 3. The summed E-state index contributed by atoms with van der Waals surface area (Å²) in [6, 6.07) is 12.7. The maximum atomic E-state index is 12.3. The summed E-state index contributed by atoms with van der Waals surface area (Å²) >= 11 is 0. The fraction of sp³-hybridized carbons (Fsp3) is 0.0571. The Kier molecular flexibility index (Phi) is 20.0. The summed E-state index contributed by atoms with van der Waals surface area (Å²) in [5.74, 6) is -2.50. The largest absolute Gasteiger partial charge is 1.00 e. The van der Waals surface area contributed by atoms with Crippen LogP contribution in [0.4, 0.5) is 39.8 Å². The molecule has 0 fully saturated rings. The van der Waals surface area contributed by atoms with E-state index in [1.54, 1.807) is 6.92 Å². The molecule has 5 N–H and O–H groups in total. The van der Waals surface area contributed by atoms with Crippen molar-refractivity contribution >= 4 is 99.8 Å². The number of nitrogen functional groups attached to an aromatic ring is 2. The van der Waals surface area contributed by atoms with E-state index in [9.17, 15) is 53.6 Å². The Labute approximate surface area is 403 Å². The van der Waals surface area contributed by atoms with Gasteiger partial charge in [-0.3, -0.25) is 10.2 Å². The van der Waals surface area contributed by atoms with Gasteiger partial charge in [-0.05, 0) is 103 Å². The summed E-state index contributed by atoms with van der Waals surface area (Å²) in [6.45, 7) is 2.95. The van der Waals surface area contributed by atoms with Gasteiger partial charge in [0.25, 0.3) is 0 Å². The molecule has 0 saturated carbocycles. The van der Waals surface area contributed by atoms with Crippen LogP contribution in [0.1, 0.15) is 23.6 Å². The predicted octanol–water partition coefficient (Wildman–Crippen LogP) is -8.14. The molecule has 5 rings (SSSR count). The van der Waals surface area contributed by atoms with Crippen molar-refractivity contribution in [1.82, 2.24) is 0 Å². The Balaban J connectivity index is 0.00000480. The smallest absolute Gasteiger partial charge is 0.744 e. The van der Waals surface area contributed by atoms with Gasteiger partial charge in [-0.25, -0.2) is 25.3 Å². The molecule has 1 aliphatic carbocycles. The van der Waals surface area contributed by atoms with Crippen molar-refractivity contribution in [2.45, 2.75) is 28.5 Å². The van der Waals surface area contributed by atoms with Crippen molar-refractivity contribution in [2.24, 2.45) is 25.6 Å². The molecule has 27 heteroatoms. The molecule has 0 spiro atoms. The number of carboxylic acid groups (broad SMARTS) is 1. The van der Waals surface area contributed by atoms with Crippen LogP contribution in [0, 0.1) is 6.92 Å². The van der Waals surface area contributed by atoms with E-state index in [2.05, 4.69) is 31.0 Å². The number of rotatable bonds is 12. The third-order valence-electron chi connectivity index (χ3n) is 8.01. The summed E-state index contributed by atoms with van der Waals surface area (Å²) in [6.07, 6.45) is 4.35. The predicted molar refractivity (Wildman–Crippen MR) is 203 cm³/mol. The van der Waals surface area contributed by atoms with Crippen LogP contribution in [0.15, 0.2) is 130 Å². The van der Waals surface area contributed by atoms with Gasteiger partial charge < -0.3 is 35.0 Å². The number of nitrogens with two attached hydrogens (primary N) is 2. The van der Waals surface area contributed by atoms with Crippen molar-refractivity contribution in [3.05, 3.63) is 107 Å². The van der Waals surface area contributed by atoms with Gasteiger partial charge in [0, 0.05) is 5.57 Å². The van der Waals surface area contributed by atoms with Crippen molar-refractivity contribution in [3.63, 3.8) is 0 Å². The van der Waals surface area contributed by atoms with Gasteiger partial charge >= 0.3 is 75.4 Å². The minimum absolute atomic E-state index is 0. The van der Waals surface area contributed by atoms with Gasteiger partial charge in [-0.2, -0.15) is 15.3 Å². The second kappa shape index (κ2) is 22.3. The van der Waals surface area contributed by atoms with Crippen LogP contribution >= 0.6 is 0 Å². The van der Waals surface area contributed by atoms with E-state index in [-0.39, 0.29) is 138 Å². The molecule has 0 heterocycles. The minimum Gasteiger partial charge on any atom is -0.744 e. The summed E-state index contributed by atoms with van der Waals surface area (Å²) in [4.78, 5) is 21.3. The Hall–Kier alpha value is -4.37. The first kappa shape index (κ1) is 55.6. The average molecular weight is 875 g/mol. The van der Waals surface area contributed by atoms with Crippen molar-refractivity contribution in [2.75, 3.05) is 16.9 Å². The number of carbonyl (C=O) groups excluding carboxylic acids is 2. The van der Waals surface area contributed by atoms with Crippen molar-refractivity contribution in [1.29, 1.82) is 0 Å². The molecule has 0 aromatic heterocycles. The van der Waals surface area contributed by atoms with Crippen LogP contribution < -0.4 is 97.4 Å². The van der Waals surface area contributed by atoms with Crippen LogP contribution in [-0.2, 0) is 39.9 Å². The number of aryl methyl sites for hydroxylation is 1. The number of nitrogens with zero attached hydrogens (tertiary/aromatic N) is 5. The number of carboxylic acids is 1. The monoisotopic (exact) mass is 874 g/mol. The van der Waals surface area contributed by atoms with E-state index >= 15 is 0 Å². The SMILES string of the molecule is CC1=C/C(=N/Nc2ccc(/C=C/c3ccc(N=Nc4c(N)c(C)cc(N=Nc5ccc(S(=O)(=O)[O-])cc5)c4N)cc3S(=O)(=O)[O-])c(S(=O)(=O)[O-])c2)C=C(C(=O)[O-])C1=O.[Li+].[Li+].[Li+].[Li+]. The molecule has 4 aromatic rings. The third kappa shape index (κ3) is 13.8. The van der Waals surface area contributed by atoms with E-state index in [1.165, 1.54) is 49.4 Å². The van der Waals surface area contributed by atoms with Gasteiger partial charge in [-0.15, -0.1) is 10.2 Å². The number of ketones is 1. The summed E-state index contributed by atoms with van der Waals surface area (Å²) in [7, 11) is -15.0. The topological polar surface area (TPSA) is 355 Å². The number of hydrazone groups is 1. The zero-order valence-electron chi connectivity index (χ0n) is 33.7. The number of nitrogens with one attached hydrogen (secondary N) is 1. The van der Waals surface area contributed by atoms with Crippen molar-refractivity contribution < 1.29 is 129 Å². The Morgan fingerprint density at radius 2 is 1.19 bits per heavy atom. The standard InChI is InChI=1S/C35H30N8O12S3.4Li/c1-18-14-28(42-38-22-9-11-26(12-10-22)56(47,48)49)32(37)33(31(18)36)43-40-24-8-6-21(30(17-24)58(53,54)55)4-3-20-5-7-23(16-29(20)57(50,51)52)39-41-25-13-19(2)34(44)27(15-25)35(45)46;;;;/h3-17,39H,36-37H2,1-2H3,(H,45,46)(H,47,48,49)(H,50,51,52)(H,53,54,55);;;;/q;4*+1/p-4/b4-3+,41-25-,42-38?,43-40?;;;;. The number of Topliss-reactive ketones (excluding diaryl/α,β-unsaturated/α-hetero) is 1. The van der Waals surface area contributed by atoms with E-state index in [0.717, 1.165) is 48.6 Å². The molecular formula is C35H26Li4N8O12S3. The first-order valence-corrected chi connectivity index (χ1v) is 20.2. The maximum absolute atomic E-state index is 12.3. The molecule has 20 nitrogen and oxygen atoms in total. The molecule has 0 saturated heterocycles. The van der Waals surface area contributed by atoms with Crippen LogP contribution in [0.25, 0.3) is 12.2 Å². The number of carbonyl (C=O) groups is 2. The zero-order valence-corrected chi connectivity index (χ0v) is 36.1. The Bertz CT molecular complexity index is 2940. The average Bonchev–Trinajstić information content (AvgIpc) is 3.14. The molecular weight excluding hydrogens is 848 g/mol. The number of hydrogen-bond acceptors (Lipinski definition) is 20. The molecule has 0 amide bonds. The van der Waals surface area contributed by atoms with E-state index in [4.69, 9.17) is 11.5 Å². The number of anilines is 3. The molecule has 0 unspecified atom stereocenters. The van der Waals surface area contributed by atoms with E-state index in [1.807, 2.05) is 0 Å².